The maximum atomic E-state index is 10.5. The minimum atomic E-state index is -0.364. The van der Waals surface area contributed by atoms with E-state index in [0.29, 0.717) is 13.2 Å². The first-order chi connectivity index (χ1) is 4.81. The molecule has 0 aliphatic carbocycles. The average molecular weight is 255 g/mol. The molecule has 0 aliphatic heterocycles. The number of amides is 1. The van der Waals surface area contributed by atoms with E-state index < -0.39 is 0 Å². The second kappa shape index (κ2) is 6.85. The second-order valence-electron chi connectivity index (χ2n) is 1.46. The van der Waals surface area contributed by atoms with E-state index in [2.05, 4.69) is 32.6 Å². The topological polar surface area (TPSA) is 38.3 Å². The monoisotopic (exact) mass is 255 g/mol. The molecule has 0 unspecified atom stereocenters. The summed E-state index contributed by atoms with van der Waals surface area (Å²) in [6.07, 6.45) is 1.47. The summed E-state index contributed by atoms with van der Waals surface area (Å²) in [7, 11) is 0. The molecule has 0 fully saturated rings. The number of ether oxygens (including phenoxy) is 1. The van der Waals surface area contributed by atoms with Crippen LogP contribution in [-0.4, -0.2) is 19.2 Å². The quantitative estimate of drug-likeness (QED) is 0.779. The van der Waals surface area contributed by atoms with Crippen LogP contribution in [0.1, 0.15) is 6.92 Å². The SMILES string of the molecule is CCOC(=O)NCC=CI. The van der Waals surface area contributed by atoms with Crippen molar-refractivity contribution in [3.05, 3.63) is 10.2 Å². The molecule has 0 radical (unpaired) electrons. The van der Waals surface area contributed by atoms with Crippen LogP contribution in [0.2, 0.25) is 0 Å². The third-order valence-electron chi connectivity index (χ3n) is 0.729. The minimum absolute atomic E-state index is 0.364. The highest BCUT2D eigenvalue weighted by atomic mass is 127. The van der Waals surface area contributed by atoms with Gasteiger partial charge in [-0.15, -0.1) is 0 Å². The third kappa shape index (κ3) is 5.87. The maximum Gasteiger partial charge on any atom is 0.407 e. The van der Waals surface area contributed by atoms with E-state index in [9.17, 15) is 4.79 Å². The predicted molar refractivity (Wildman–Crippen MR) is 48.2 cm³/mol. The highest BCUT2D eigenvalue weighted by molar-refractivity contribution is 14.1. The number of rotatable bonds is 3. The summed E-state index contributed by atoms with van der Waals surface area (Å²) >= 11 is 2.08. The Balaban J connectivity index is 3.21. The lowest BCUT2D eigenvalue weighted by molar-refractivity contribution is 0.153. The zero-order chi connectivity index (χ0) is 7.82. The summed E-state index contributed by atoms with van der Waals surface area (Å²) in [6, 6.07) is 0. The fourth-order valence-electron chi connectivity index (χ4n) is 0.369. The van der Waals surface area contributed by atoms with E-state index in [4.69, 9.17) is 0 Å². The zero-order valence-electron chi connectivity index (χ0n) is 5.76. The molecule has 3 nitrogen and oxygen atoms in total. The number of carbonyl (C=O) groups excluding carboxylic acids is 1. The van der Waals surface area contributed by atoms with E-state index in [1.54, 1.807) is 6.92 Å². The molecule has 0 saturated heterocycles. The Labute approximate surface area is 74.0 Å². The first-order valence-corrected chi connectivity index (χ1v) is 4.21. The molecule has 0 aliphatic rings. The fourth-order valence-corrected chi connectivity index (χ4v) is 0.623. The van der Waals surface area contributed by atoms with Crippen LogP contribution >= 0.6 is 22.6 Å². The van der Waals surface area contributed by atoms with Crippen LogP contribution in [0.5, 0.6) is 0 Å². The number of nitrogens with one attached hydrogen (secondary N) is 1. The van der Waals surface area contributed by atoms with Gasteiger partial charge in [0, 0.05) is 6.54 Å². The molecule has 0 bridgehead atoms. The van der Waals surface area contributed by atoms with Crippen LogP contribution in [0.3, 0.4) is 0 Å². The van der Waals surface area contributed by atoms with Gasteiger partial charge in [-0.3, -0.25) is 0 Å². The van der Waals surface area contributed by atoms with E-state index in [1.807, 2.05) is 10.2 Å². The highest BCUT2D eigenvalue weighted by Gasteiger charge is 1.94. The first-order valence-electron chi connectivity index (χ1n) is 2.97. The molecule has 10 heavy (non-hydrogen) atoms. The number of alkyl carbamates (subject to hydrolysis) is 1. The summed E-state index contributed by atoms with van der Waals surface area (Å²) in [5.41, 5.74) is 0. The zero-order valence-corrected chi connectivity index (χ0v) is 7.92. The molecule has 0 rings (SSSR count). The van der Waals surface area contributed by atoms with E-state index in [-0.39, 0.29) is 6.09 Å². The Morgan fingerprint density at radius 3 is 3.00 bits per heavy atom. The van der Waals surface area contributed by atoms with Crippen molar-refractivity contribution in [2.75, 3.05) is 13.2 Å². The summed E-state index contributed by atoms with van der Waals surface area (Å²) < 4.78 is 6.44. The van der Waals surface area contributed by atoms with Gasteiger partial charge >= 0.3 is 6.09 Å². The summed E-state index contributed by atoms with van der Waals surface area (Å²) in [4.78, 5) is 10.5. The molecule has 0 aromatic carbocycles. The largest absolute Gasteiger partial charge is 0.450 e. The van der Waals surface area contributed by atoms with Gasteiger partial charge in [0.2, 0.25) is 0 Å². The van der Waals surface area contributed by atoms with Crippen LogP contribution < -0.4 is 5.32 Å². The van der Waals surface area contributed by atoms with Gasteiger partial charge in [-0.1, -0.05) is 28.7 Å². The van der Waals surface area contributed by atoms with Crippen LogP contribution in [0.4, 0.5) is 4.79 Å². The Hall–Kier alpha value is -0.260. The third-order valence-corrected chi connectivity index (χ3v) is 1.24. The van der Waals surface area contributed by atoms with Crippen LogP contribution in [0.15, 0.2) is 10.2 Å². The smallest absolute Gasteiger partial charge is 0.407 e. The van der Waals surface area contributed by atoms with Gasteiger partial charge in [0.05, 0.1) is 6.61 Å². The van der Waals surface area contributed by atoms with Gasteiger partial charge in [0.25, 0.3) is 0 Å². The van der Waals surface area contributed by atoms with Gasteiger partial charge in [-0.05, 0) is 11.0 Å². The van der Waals surface area contributed by atoms with E-state index in [0.717, 1.165) is 0 Å². The first kappa shape index (κ1) is 9.74. The lowest BCUT2D eigenvalue weighted by Gasteiger charge is -2.00. The molecule has 0 saturated carbocycles. The van der Waals surface area contributed by atoms with Crippen LogP contribution in [-0.2, 0) is 4.74 Å². The fraction of sp³-hybridized carbons (Fsp3) is 0.500. The van der Waals surface area contributed by atoms with Crippen molar-refractivity contribution in [3.63, 3.8) is 0 Å². The molecule has 4 heteroatoms. The Morgan fingerprint density at radius 2 is 2.50 bits per heavy atom. The number of hydrogen-bond donors (Lipinski definition) is 1. The van der Waals surface area contributed by atoms with Gasteiger partial charge < -0.3 is 10.1 Å². The Kier molecular flexibility index (Phi) is 6.68. The van der Waals surface area contributed by atoms with Crippen molar-refractivity contribution in [1.82, 2.24) is 5.32 Å². The summed E-state index contributed by atoms with van der Waals surface area (Å²) in [5.74, 6) is 0. The lowest BCUT2D eigenvalue weighted by Crippen LogP contribution is -2.23. The Bertz CT molecular complexity index is 125. The minimum Gasteiger partial charge on any atom is -0.450 e. The number of hydrogen-bond acceptors (Lipinski definition) is 2. The van der Waals surface area contributed by atoms with E-state index in [1.165, 1.54) is 0 Å². The van der Waals surface area contributed by atoms with Gasteiger partial charge in [-0.25, -0.2) is 4.79 Å². The lowest BCUT2D eigenvalue weighted by atomic mass is 10.6. The van der Waals surface area contributed by atoms with Crippen LogP contribution in [0.25, 0.3) is 0 Å². The van der Waals surface area contributed by atoms with Crippen molar-refractivity contribution >= 4 is 28.7 Å². The standard InChI is InChI=1S/C6H10INO2/c1-2-10-6(9)8-5-3-4-7/h3-4H,2,5H2,1H3,(H,8,9). The normalized spacial score (nSPS) is 9.80. The van der Waals surface area contributed by atoms with Crippen molar-refractivity contribution in [1.29, 1.82) is 0 Å². The van der Waals surface area contributed by atoms with Crippen molar-refractivity contribution < 1.29 is 9.53 Å². The molecular weight excluding hydrogens is 245 g/mol. The summed E-state index contributed by atoms with van der Waals surface area (Å²) in [5, 5.41) is 2.53. The number of carbonyl (C=O) groups is 1. The van der Waals surface area contributed by atoms with Crippen molar-refractivity contribution in [2.45, 2.75) is 6.92 Å². The molecule has 0 spiro atoms. The molecule has 0 aromatic rings. The van der Waals surface area contributed by atoms with Gasteiger partial charge in [-0.2, -0.15) is 0 Å². The van der Waals surface area contributed by atoms with Crippen molar-refractivity contribution in [3.8, 4) is 0 Å². The number of halogens is 1. The molecule has 0 heterocycles. The average Bonchev–Trinajstić information content (AvgIpc) is 1.89. The second-order valence-corrected chi connectivity index (χ2v) is 2.18. The predicted octanol–water partition coefficient (Wildman–Crippen LogP) is 1.68. The van der Waals surface area contributed by atoms with Crippen LogP contribution in [0, 0.1) is 0 Å². The van der Waals surface area contributed by atoms with E-state index >= 15 is 0 Å². The molecular formula is C6H10INO2. The molecule has 58 valence electrons. The molecule has 1 amide bonds. The molecule has 1 N–H and O–H groups in total. The molecule has 0 aromatic heterocycles. The van der Waals surface area contributed by atoms with Gasteiger partial charge in [0.1, 0.15) is 0 Å². The van der Waals surface area contributed by atoms with Gasteiger partial charge in [0.15, 0.2) is 0 Å². The Morgan fingerprint density at radius 1 is 1.80 bits per heavy atom. The van der Waals surface area contributed by atoms with Crippen molar-refractivity contribution in [2.24, 2.45) is 0 Å². The molecule has 0 atom stereocenters. The highest BCUT2D eigenvalue weighted by Crippen LogP contribution is 1.82. The maximum absolute atomic E-state index is 10.5. The summed E-state index contributed by atoms with van der Waals surface area (Å²) in [6.45, 7) is 2.72.